The van der Waals surface area contributed by atoms with Crippen molar-refractivity contribution in [3.63, 3.8) is 0 Å². The topological polar surface area (TPSA) is 75.5 Å². The van der Waals surface area contributed by atoms with Crippen molar-refractivity contribution < 1.29 is 23.5 Å². The first-order valence-corrected chi connectivity index (χ1v) is 11.9. The number of amides is 1. The average Bonchev–Trinajstić information content (AvgIpc) is 3.19. The van der Waals surface area contributed by atoms with Crippen LogP contribution >= 0.6 is 0 Å². The van der Waals surface area contributed by atoms with Gasteiger partial charge in [-0.3, -0.25) is 14.5 Å². The first-order valence-electron chi connectivity index (χ1n) is 11.9. The average molecular weight is 429 g/mol. The number of nitrogens with zero attached hydrogens (tertiary/aromatic N) is 2. The molecule has 6 atom stereocenters. The van der Waals surface area contributed by atoms with E-state index in [0.717, 1.165) is 39.1 Å². The van der Waals surface area contributed by atoms with Gasteiger partial charge in [-0.25, -0.2) is 0 Å². The first-order chi connectivity index (χ1) is 15.0. The standard InChI is InChI=1S/C24H32N2O5/c1-23-5-3-6-24(15-30-24)20(23)12-16-17(22(28)31-19(16)13-23)14-25-7-9-26(10-8-25)21(27)18-4-2-11-29-18/h2,4,11,16-17,19-20H,3,5-10,12-15H2,1H3/t16-,17+,19+,20-,23+,24-/m0/s1. The number of piperazine rings is 1. The molecule has 31 heavy (non-hydrogen) atoms. The van der Waals surface area contributed by atoms with Crippen molar-refractivity contribution in [2.24, 2.45) is 23.2 Å². The summed E-state index contributed by atoms with van der Waals surface area (Å²) in [6.45, 7) is 6.91. The lowest BCUT2D eigenvalue weighted by Gasteiger charge is -2.51. The summed E-state index contributed by atoms with van der Waals surface area (Å²) in [5.74, 6) is 1.12. The Kier molecular flexibility index (Phi) is 4.52. The van der Waals surface area contributed by atoms with Gasteiger partial charge in [-0.1, -0.05) is 6.92 Å². The molecule has 5 aliphatic rings. The van der Waals surface area contributed by atoms with Crippen LogP contribution in [0.5, 0.6) is 0 Å². The van der Waals surface area contributed by atoms with Crippen LogP contribution in [0, 0.1) is 23.2 Å². The van der Waals surface area contributed by atoms with Gasteiger partial charge in [-0.05, 0) is 55.6 Å². The number of carbonyl (C=O) groups excluding carboxylic acids is 2. The smallest absolute Gasteiger partial charge is 0.310 e. The lowest BCUT2D eigenvalue weighted by Crippen LogP contribution is -2.53. The summed E-state index contributed by atoms with van der Waals surface area (Å²) in [7, 11) is 0. The van der Waals surface area contributed by atoms with E-state index >= 15 is 0 Å². The molecule has 6 rings (SSSR count). The normalized spacial score (nSPS) is 42.2. The fraction of sp³-hybridized carbons (Fsp3) is 0.750. The van der Waals surface area contributed by atoms with Crippen molar-refractivity contribution in [1.29, 1.82) is 0 Å². The van der Waals surface area contributed by atoms with Crippen LogP contribution in [0.15, 0.2) is 22.8 Å². The predicted octanol–water partition coefficient (Wildman–Crippen LogP) is 2.56. The van der Waals surface area contributed by atoms with E-state index in [9.17, 15) is 9.59 Å². The summed E-state index contributed by atoms with van der Waals surface area (Å²) in [4.78, 5) is 29.6. The maximum absolute atomic E-state index is 12.9. The van der Waals surface area contributed by atoms with E-state index in [4.69, 9.17) is 13.9 Å². The third kappa shape index (κ3) is 3.23. The number of ether oxygens (including phenoxy) is 2. The second kappa shape index (κ2) is 7.07. The van der Waals surface area contributed by atoms with Crippen molar-refractivity contribution in [3.8, 4) is 0 Å². The van der Waals surface area contributed by atoms with Crippen LogP contribution in [-0.4, -0.2) is 72.7 Å². The van der Waals surface area contributed by atoms with Gasteiger partial charge in [0.1, 0.15) is 6.10 Å². The molecule has 0 radical (unpaired) electrons. The minimum Gasteiger partial charge on any atom is -0.462 e. The van der Waals surface area contributed by atoms with Gasteiger partial charge in [0.2, 0.25) is 0 Å². The fourth-order valence-electron chi connectivity index (χ4n) is 7.13. The highest BCUT2D eigenvalue weighted by Crippen LogP contribution is 2.62. The summed E-state index contributed by atoms with van der Waals surface area (Å²) in [6, 6.07) is 3.45. The zero-order valence-corrected chi connectivity index (χ0v) is 18.3. The predicted molar refractivity (Wildman–Crippen MR) is 111 cm³/mol. The van der Waals surface area contributed by atoms with Crippen LogP contribution in [0.25, 0.3) is 0 Å². The zero-order valence-electron chi connectivity index (χ0n) is 18.3. The van der Waals surface area contributed by atoms with E-state index in [0.29, 0.717) is 30.7 Å². The summed E-state index contributed by atoms with van der Waals surface area (Å²) in [5, 5.41) is 0. The number of rotatable bonds is 3. The number of fused-ring (bicyclic) bond motifs is 3. The number of furan rings is 1. The van der Waals surface area contributed by atoms with Gasteiger partial charge in [0, 0.05) is 38.6 Å². The molecular weight excluding hydrogens is 396 g/mol. The van der Waals surface area contributed by atoms with Crippen molar-refractivity contribution in [2.45, 2.75) is 50.7 Å². The minimum atomic E-state index is -0.0559. The molecule has 2 aliphatic carbocycles. The lowest BCUT2D eigenvalue weighted by atomic mass is 9.53. The molecule has 0 unspecified atom stereocenters. The molecule has 168 valence electrons. The summed E-state index contributed by atoms with van der Waals surface area (Å²) in [5.41, 5.74) is 0.328. The Morgan fingerprint density at radius 2 is 2.03 bits per heavy atom. The monoisotopic (exact) mass is 428 g/mol. The minimum absolute atomic E-state index is 0.0166. The van der Waals surface area contributed by atoms with Crippen molar-refractivity contribution in [2.75, 3.05) is 39.3 Å². The first kappa shape index (κ1) is 19.8. The van der Waals surface area contributed by atoms with Gasteiger partial charge < -0.3 is 18.8 Å². The highest BCUT2D eigenvalue weighted by atomic mass is 16.6. The molecule has 1 amide bonds. The van der Waals surface area contributed by atoms with E-state index in [1.165, 1.54) is 25.5 Å². The molecule has 7 nitrogen and oxygen atoms in total. The maximum atomic E-state index is 12.9. The van der Waals surface area contributed by atoms with Gasteiger partial charge in [-0.2, -0.15) is 0 Å². The Morgan fingerprint density at radius 1 is 1.23 bits per heavy atom. The molecule has 1 aromatic heterocycles. The van der Waals surface area contributed by atoms with Crippen molar-refractivity contribution >= 4 is 11.9 Å². The Hall–Kier alpha value is -1.86. The van der Waals surface area contributed by atoms with Crippen LogP contribution < -0.4 is 0 Å². The second-order valence-electron chi connectivity index (χ2n) is 10.7. The third-order valence-electron chi connectivity index (χ3n) is 8.93. The van der Waals surface area contributed by atoms with Gasteiger partial charge in [0.05, 0.1) is 24.4 Å². The van der Waals surface area contributed by atoms with Crippen LogP contribution in [0.2, 0.25) is 0 Å². The summed E-state index contributed by atoms with van der Waals surface area (Å²) < 4.78 is 17.2. The second-order valence-corrected chi connectivity index (χ2v) is 10.7. The molecule has 0 N–H and O–H groups in total. The van der Waals surface area contributed by atoms with E-state index in [1.54, 1.807) is 12.1 Å². The molecule has 5 fully saturated rings. The number of carbonyl (C=O) groups is 2. The molecule has 0 bridgehead atoms. The van der Waals surface area contributed by atoms with E-state index in [2.05, 4.69) is 11.8 Å². The van der Waals surface area contributed by atoms with Gasteiger partial charge in [0.15, 0.2) is 5.76 Å². The van der Waals surface area contributed by atoms with Crippen LogP contribution in [0.1, 0.15) is 49.6 Å². The molecular formula is C24H32N2O5. The maximum Gasteiger partial charge on any atom is 0.310 e. The van der Waals surface area contributed by atoms with E-state index in [-0.39, 0.29) is 34.9 Å². The number of epoxide rings is 1. The fourth-order valence-corrected chi connectivity index (χ4v) is 7.13. The Bertz CT molecular complexity index is 857. The van der Waals surface area contributed by atoms with Crippen molar-refractivity contribution in [1.82, 2.24) is 9.80 Å². The van der Waals surface area contributed by atoms with Crippen LogP contribution in [-0.2, 0) is 14.3 Å². The van der Waals surface area contributed by atoms with Gasteiger partial charge in [-0.15, -0.1) is 0 Å². The lowest BCUT2D eigenvalue weighted by molar-refractivity contribution is -0.147. The molecule has 0 aromatic carbocycles. The number of esters is 1. The highest BCUT2D eigenvalue weighted by Gasteiger charge is 2.65. The van der Waals surface area contributed by atoms with Crippen LogP contribution in [0.4, 0.5) is 0 Å². The Labute approximate surface area is 183 Å². The van der Waals surface area contributed by atoms with Gasteiger partial charge in [0.25, 0.3) is 5.91 Å². The number of hydrogen-bond acceptors (Lipinski definition) is 6. The van der Waals surface area contributed by atoms with E-state index < -0.39 is 0 Å². The van der Waals surface area contributed by atoms with E-state index in [1.807, 2.05) is 4.90 Å². The highest BCUT2D eigenvalue weighted by molar-refractivity contribution is 5.91. The Balaban J connectivity index is 1.11. The Morgan fingerprint density at radius 3 is 2.74 bits per heavy atom. The molecule has 1 aromatic rings. The molecule has 4 heterocycles. The van der Waals surface area contributed by atoms with Crippen LogP contribution in [0.3, 0.4) is 0 Å². The largest absolute Gasteiger partial charge is 0.462 e. The molecule has 7 heteroatoms. The quantitative estimate of drug-likeness (QED) is 0.544. The number of hydrogen-bond donors (Lipinski definition) is 0. The third-order valence-corrected chi connectivity index (χ3v) is 8.93. The molecule has 3 aliphatic heterocycles. The molecule has 3 saturated heterocycles. The SMILES string of the molecule is C[C@]12CCC[C@]3(CO3)[C@H]1C[C@@H]1[C@@H](C2)OC(=O)[C@@H]1CN1CCN(C(=O)c2ccco2)CC1. The van der Waals surface area contributed by atoms with Crippen molar-refractivity contribution in [3.05, 3.63) is 24.2 Å². The molecule has 2 saturated carbocycles. The summed E-state index contributed by atoms with van der Waals surface area (Å²) >= 11 is 0. The zero-order chi connectivity index (χ0) is 21.2. The van der Waals surface area contributed by atoms with Gasteiger partial charge >= 0.3 is 5.97 Å². The molecule has 1 spiro atoms. The summed E-state index contributed by atoms with van der Waals surface area (Å²) in [6.07, 6.45) is 7.26.